The van der Waals surface area contributed by atoms with E-state index in [4.69, 9.17) is 10.5 Å². The second kappa shape index (κ2) is 5.63. The first-order chi connectivity index (χ1) is 5.22. The van der Waals surface area contributed by atoms with Crippen LogP contribution in [-0.2, 0) is 42.5 Å². The van der Waals surface area contributed by atoms with E-state index in [1.807, 2.05) is 0 Å². The minimum atomic E-state index is -1.19. The maximum Gasteiger partial charge on any atom is 0.233 e. The van der Waals surface area contributed by atoms with E-state index in [1.54, 1.807) is 0 Å². The topological polar surface area (TPSA) is 58.9 Å². The van der Waals surface area contributed by atoms with Crippen LogP contribution in [0.3, 0.4) is 0 Å². The fraction of sp³-hybridized carbons (Fsp3) is 0.857. The van der Waals surface area contributed by atoms with Crippen LogP contribution >= 0.6 is 0 Å². The van der Waals surface area contributed by atoms with Crippen molar-refractivity contribution in [3.8, 4) is 0 Å². The molecule has 2 N–H and O–H groups in total. The van der Waals surface area contributed by atoms with Crippen LogP contribution in [0.5, 0.6) is 0 Å². The summed E-state index contributed by atoms with van der Waals surface area (Å²) in [6.45, 7) is 3.86. The van der Waals surface area contributed by atoms with Gasteiger partial charge in [0.25, 0.3) is 0 Å². The Morgan fingerprint density at radius 1 is 1.17 bits per heavy atom. The molecule has 0 bridgehead atoms. The first kappa shape index (κ1) is 12.9. The van der Waals surface area contributed by atoms with Gasteiger partial charge in [0.1, 0.15) is 0 Å². The van der Waals surface area contributed by atoms with Crippen molar-refractivity contribution in [2.45, 2.75) is 31.5 Å². The van der Waals surface area contributed by atoms with E-state index in [2.05, 4.69) is 16.7 Å². The largest absolute Gasteiger partial charge is 0.340 e. The van der Waals surface area contributed by atoms with Gasteiger partial charge in [0, 0.05) is 45.6 Å². The molecule has 1 rings (SSSR count). The Bertz CT molecular complexity index is 117. The number of hydrogen-bond acceptors (Lipinski definition) is 4. The van der Waals surface area contributed by atoms with Crippen LogP contribution in [0.4, 0.5) is 0 Å². The Morgan fingerprint density at radius 3 is 1.92 bits per heavy atom. The van der Waals surface area contributed by atoms with Gasteiger partial charge in [0.05, 0.1) is 0 Å². The van der Waals surface area contributed by atoms with Crippen molar-refractivity contribution in [2.75, 3.05) is 0 Å². The monoisotopic (exact) mass is 250 g/mol. The molecular formula is C7H13O4Y-. The summed E-state index contributed by atoms with van der Waals surface area (Å²) in [6, 6.07) is 0. The average Bonchev–Trinajstić information content (AvgIpc) is 2.07. The molecule has 0 atom stereocenters. The fourth-order valence-electron chi connectivity index (χ4n) is 1.32. The summed E-state index contributed by atoms with van der Waals surface area (Å²) >= 11 is 0. The van der Waals surface area contributed by atoms with Gasteiger partial charge in [-0.05, 0) is 0 Å². The van der Waals surface area contributed by atoms with Crippen molar-refractivity contribution >= 4 is 0 Å². The Hall–Kier alpha value is 0.944. The third-order valence-electron chi connectivity index (χ3n) is 2.20. The molecule has 0 aliphatic heterocycles. The second-order valence-electron chi connectivity index (χ2n) is 3.04. The zero-order valence-corrected chi connectivity index (χ0v) is 9.74. The van der Waals surface area contributed by atoms with E-state index < -0.39 is 5.79 Å². The van der Waals surface area contributed by atoms with E-state index in [1.165, 1.54) is 0 Å². The maximum absolute atomic E-state index is 8.42. The molecule has 0 heterocycles. The molecule has 69 valence electrons. The molecule has 5 heteroatoms. The van der Waals surface area contributed by atoms with Crippen molar-refractivity contribution < 1.29 is 53.0 Å². The summed E-state index contributed by atoms with van der Waals surface area (Å²) in [6.07, 6.45) is 2.55. The summed E-state index contributed by atoms with van der Waals surface area (Å²) in [7, 11) is 0. The second-order valence-corrected chi connectivity index (χ2v) is 3.04. The zero-order valence-electron chi connectivity index (χ0n) is 6.90. The minimum Gasteiger partial charge on any atom is -0.340 e. The third-order valence-corrected chi connectivity index (χ3v) is 2.20. The molecule has 0 aromatic rings. The molecule has 12 heavy (non-hydrogen) atoms. The Kier molecular flexibility index (Phi) is 6.07. The van der Waals surface area contributed by atoms with E-state index in [-0.39, 0.29) is 32.7 Å². The first-order valence-corrected chi connectivity index (χ1v) is 3.71. The van der Waals surface area contributed by atoms with Crippen LogP contribution < -0.4 is 0 Å². The van der Waals surface area contributed by atoms with Crippen LogP contribution in [0.15, 0.2) is 0 Å². The van der Waals surface area contributed by atoms with Gasteiger partial charge >= 0.3 is 0 Å². The normalized spacial score (nSPS) is 23.2. The van der Waals surface area contributed by atoms with Gasteiger partial charge in [-0.15, -0.1) is 0 Å². The van der Waals surface area contributed by atoms with E-state index >= 15 is 0 Å². The first-order valence-electron chi connectivity index (χ1n) is 3.71. The molecule has 0 aromatic carbocycles. The SMILES string of the molecule is [CH2-]C1CCC(OO)(OO)CC1.[Y]. The molecule has 0 aromatic heterocycles. The van der Waals surface area contributed by atoms with Crippen LogP contribution in [-0.4, -0.2) is 16.3 Å². The molecule has 1 saturated carbocycles. The van der Waals surface area contributed by atoms with Crippen LogP contribution in [0, 0.1) is 12.8 Å². The minimum absolute atomic E-state index is 0. The molecule has 0 saturated heterocycles. The maximum atomic E-state index is 8.42. The quantitative estimate of drug-likeness (QED) is 0.339. The predicted octanol–water partition coefficient (Wildman–Crippen LogP) is 1.68. The molecule has 1 aliphatic rings. The standard InChI is InChI=1S/C7H13O4.Y/c1-6-2-4-7(10-8,11-9)5-3-6;/h6,8-9H,1-5H2;/q-1;. The molecule has 1 radical (unpaired) electrons. The summed E-state index contributed by atoms with van der Waals surface area (Å²) in [5.74, 6) is -0.817. The smallest absolute Gasteiger partial charge is 0.233 e. The molecule has 0 spiro atoms. The van der Waals surface area contributed by atoms with Gasteiger partial charge in [-0.1, -0.05) is 12.8 Å². The van der Waals surface area contributed by atoms with Gasteiger partial charge in [0.2, 0.25) is 5.79 Å². The molecule has 1 aliphatic carbocycles. The summed E-state index contributed by atoms with van der Waals surface area (Å²) in [5, 5.41) is 16.8. The summed E-state index contributed by atoms with van der Waals surface area (Å²) < 4.78 is 0. The van der Waals surface area contributed by atoms with Gasteiger partial charge in [0.15, 0.2) is 0 Å². The average molecular weight is 250 g/mol. The van der Waals surface area contributed by atoms with Crippen molar-refractivity contribution in [3.63, 3.8) is 0 Å². The van der Waals surface area contributed by atoms with E-state index in [0.717, 1.165) is 12.8 Å². The number of rotatable bonds is 2. The molecular weight excluding hydrogens is 237 g/mol. The van der Waals surface area contributed by atoms with Gasteiger partial charge < -0.3 is 6.92 Å². The molecule has 0 unspecified atom stereocenters. The van der Waals surface area contributed by atoms with Gasteiger partial charge in [-0.2, -0.15) is 5.92 Å². The fourth-order valence-corrected chi connectivity index (χ4v) is 1.32. The third kappa shape index (κ3) is 3.02. The zero-order chi connectivity index (χ0) is 8.32. The predicted molar refractivity (Wildman–Crippen MR) is 37.5 cm³/mol. The summed E-state index contributed by atoms with van der Waals surface area (Å²) in [4.78, 5) is 8.15. The van der Waals surface area contributed by atoms with Crippen molar-refractivity contribution in [1.29, 1.82) is 0 Å². The van der Waals surface area contributed by atoms with Crippen molar-refractivity contribution in [1.82, 2.24) is 0 Å². The van der Waals surface area contributed by atoms with Gasteiger partial charge in [-0.3, -0.25) is 0 Å². The van der Waals surface area contributed by atoms with E-state index in [0.29, 0.717) is 18.8 Å². The van der Waals surface area contributed by atoms with Gasteiger partial charge in [-0.25, -0.2) is 20.3 Å². The van der Waals surface area contributed by atoms with Crippen molar-refractivity contribution in [3.05, 3.63) is 6.92 Å². The molecule has 4 nitrogen and oxygen atoms in total. The number of hydrogen-bond donors (Lipinski definition) is 2. The van der Waals surface area contributed by atoms with E-state index in [9.17, 15) is 0 Å². The van der Waals surface area contributed by atoms with Crippen LogP contribution in [0.2, 0.25) is 0 Å². The Balaban J connectivity index is 0.00000121. The molecule has 0 amide bonds. The Morgan fingerprint density at radius 2 is 1.58 bits per heavy atom. The van der Waals surface area contributed by atoms with Crippen LogP contribution in [0.25, 0.3) is 0 Å². The summed E-state index contributed by atoms with van der Waals surface area (Å²) in [5.41, 5.74) is 0. The Labute approximate surface area is 97.0 Å². The molecule has 1 fully saturated rings. The van der Waals surface area contributed by atoms with Crippen LogP contribution in [0.1, 0.15) is 25.7 Å². The van der Waals surface area contributed by atoms with Crippen molar-refractivity contribution in [2.24, 2.45) is 5.92 Å².